The van der Waals surface area contributed by atoms with Gasteiger partial charge in [-0.25, -0.2) is 13.6 Å². The molecule has 0 radical (unpaired) electrons. The van der Waals surface area contributed by atoms with Crippen LogP contribution in [0.3, 0.4) is 0 Å². The van der Waals surface area contributed by atoms with Crippen molar-refractivity contribution < 1.29 is 8.42 Å². The van der Waals surface area contributed by atoms with E-state index in [1.807, 2.05) is 13.8 Å². The Kier molecular flexibility index (Phi) is 5.41. The number of primary sulfonamides is 1. The van der Waals surface area contributed by atoms with Gasteiger partial charge in [0, 0.05) is 11.7 Å². The molecule has 0 aromatic heterocycles. The Labute approximate surface area is 137 Å². The average Bonchev–Trinajstić information content (AvgIpc) is 2.43. The third kappa shape index (κ3) is 4.41. The number of nitrogens with one attached hydrogen (secondary N) is 2. The second kappa shape index (κ2) is 6.93. The Morgan fingerprint density at radius 1 is 1.23 bits per heavy atom. The zero-order chi connectivity index (χ0) is 16.3. The van der Waals surface area contributed by atoms with Gasteiger partial charge in [-0.1, -0.05) is 19.3 Å². The first-order valence-corrected chi connectivity index (χ1v) is 9.44. The van der Waals surface area contributed by atoms with E-state index < -0.39 is 10.0 Å². The van der Waals surface area contributed by atoms with Gasteiger partial charge < -0.3 is 10.6 Å². The zero-order valence-electron chi connectivity index (χ0n) is 13.0. The van der Waals surface area contributed by atoms with Crippen molar-refractivity contribution in [2.24, 2.45) is 5.14 Å². The molecule has 0 aliphatic heterocycles. The molecule has 0 bridgehead atoms. The summed E-state index contributed by atoms with van der Waals surface area (Å²) in [5, 5.41) is 12.2. The standard InChI is InChI=1S/C15H23N3O2S2/c1-10-8-13(22(16,19)20)9-14(11(10)2)18-15(21)17-12-6-4-3-5-7-12/h8-9,12H,3-7H2,1-2H3,(H2,16,19,20)(H2,17,18,21). The van der Waals surface area contributed by atoms with E-state index in [1.54, 1.807) is 6.07 Å². The van der Waals surface area contributed by atoms with Crippen LogP contribution in [0.2, 0.25) is 0 Å². The largest absolute Gasteiger partial charge is 0.360 e. The van der Waals surface area contributed by atoms with E-state index in [-0.39, 0.29) is 4.90 Å². The molecule has 5 nitrogen and oxygen atoms in total. The highest BCUT2D eigenvalue weighted by Crippen LogP contribution is 2.24. The van der Waals surface area contributed by atoms with E-state index in [0.717, 1.165) is 24.0 Å². The first kappa shape index (κ1) is 17.2. The molecule has 1 aromatic rings. The lowest BCUT2D eigenvalue weighted by atomic mass is 9.96. The maximum Gasteiger partial charge on any atom is 0.238 e. The van der Waals surface area contributed by atoms with Gasteiger partial charge in [-0.05, 0) is 62.2 Å². The van der Waals surface area contributed by atoms with Gasteiger partial charge in [0.25, 0.3) is 0 Å². The molecule has 0 spiro atoms. The summed E-state index contributed by atoms with van der Waals surface area (Å²) in [7, 11) is -3.73. The lowest BCUT2D eigenvalue weighted by Crippen LogP contribution is -2.39. The Bertz CT molecular complexity index is 666. The van der Waals surface area contributed by atoms with Crippen LogP contribution in [0, 0.1) is 13.8 Å². The predicted molar refractivity (Wildman–Crippen MR) is 93.5 cm³/mol. The second-order valence-electron chi connectivity index (χ2n) is 5.89. The fourth-order valence-corrected chi connectivity index (χ4v) is 3.61. The quantitative estimate of drug-likeness (QED) is 0.736. The van der Waals surface area contributed by atoms with E-state index in [1.165, 1.54) is 25.3 Å². The van der Waals surface area contributed by atoms with Crippen molar-refractivity contribution >= 4 is 33.0 Å². The summed E-state index contributed by atoms with van der Waals surface area (Å²) in [4.78, 5) is 0.0959. The Balaban J connectivity index is 2.14. The smallest absolute Gasteiger partial charge is 0.238 e. The van der Waals surface area contributed by atoms with Crippen LogP contribution < -0.4 is 15.8 Å². The molecule has 0 saturated heterocycles. The number of hydrogen-bond acceptors (Lipinski definition) is 3. The van der Waals surface area contributed by atoms with E-state index in [4.69, 9.17) is 17.4 Å². The molecule has 7 heteroatoms. The van der Waals surface area contributed by atoms with Crippen molar-refractivity contribution in [3.8, 4) is 0 Å². The predicted octanol–water partition coefficient (Wildman–Crippen LogP) is 2.57. The molecule has 0 unspecified atom stereocenters. The maximum atomic E-state index is 11.6. The van der Waals surface area contributed by atoms with Crippen LogP contribution in [-0.4, -0.2) is 19.6 Å². The number of rotatable bonds is 3. The van der Waals surface area contributed by atoms with Crippen LogP contribution in [0.15, 0.2) is 17.0 Å². The lowest BCUT2D eigenvalue weighted by Gasteiger charge is -2.25. The first-order valence-electron chi connectivity index (χ1n) is 7.49. The van der Waals surface area contributed by atoms with Crippen LogP contribution in [0.5, 0.6) is 0 Å². The SMILES string of the molecule is Cc1cc(S(N)(=O)=O)cc(NC(=S)NC2CCCCC2)c1C. The molecular formula is C15H23N3O2S2. The highest BCUT2D eigenvalue weighted by Gasteiger charge is 2.16. The monoisotopic (exact) mass is 341 g/mol. The van der Waals surface area contributed by atoms with Crippen molar-refractivity contribution in [3.05, 3.63) is 23.3 Å². The van der Waals surface area contributed by atoms with E-state index >= 15 is 0 Å². The molecule has 0 atom stereocenters. The fraction of sp³-hybridized carbons (Fsp3) is 0.533. The molecule has 122 valence electrons. The molecule has 4 N–H and O–H groups in total. The molecule has 22 heavy (non-hydrogen) atoms. The van der Waals surface area contributed by atoms with Crippen LogP contribution in [0.25, 0.3) is 0 Å². The van der Waals surface area contributed by atoms with Gasteiger partial charge >= 0.3 is 0 Å². The molecule has 0 heterocycles. The van der Waals surface area contributed by atoms with Gasteiger partial charge in [-0.2, -0.15) is 0 Å². The van der Waals surface area contributed by atoms with Gasteiger partial charge in [-0.15, -0.1) is 0 Å². The van der Waals surface area contributed by atoms with Crippen LogP contribution >= 0.6 is 12.2 Å². The summed E-state index contributed by atoms with van der Waals surface area (Å²) < 4.78 is 23.1. The van der Waals surface area contributed by atoms with Crippen molar-refractivity contribution in [1.82, 2.24) is 5.32 Å². The highest BCUT2D eigenvalue weighted by atomic mass is 32.2. The Morgan fingerprint density at radius 3 is 2.45 bits per heavy atom. The lowest BCUT2D eigenvalue weighted by molar-refractivity contribution is 0.415. The number of thiocarbonyl (C=S) groups is 1. The van der Waals surface area contributed by atoms with Gasteiger partial charge in [0.1, 0.15) is 0 Å². The van der Waals surface area contributed by atoms with Crippen LogP contribution in [0.1, 0.15) is 43.2 Å². The first-order chi connectivity index (χ1) is 10.3. The average molecular weight is 342 g/mol. The summed E-state index contributed by atoms with van der Waals surface area (Å²) in [5.41, 5.74) is 2.49. The topological polar surface area (TPSA) is 84.2 Å². The number of hydrogen-bond donors (Lipinski definition) is 3. The second-order valence-corrected chi connectivity index (χ2v) is 7.86. The fourth-order valence-electron chi connectivity index (χ4n) is 2.71. The minimum atomic E-state index is -3.73. The van der Waals surface area contributed by atoms with Crippen molar-refractivity contribution in [1.29, 1.82) is 0 Å². The van der Waals surface area contributed by atoms with Crippen LogP contribution in [0.4, 0.5) is 5.69 Å². The summed E-state index contributed by atoms with van der Waals surface area (Å²) in [5.74, 6) is 0. The number of aryl methyl sites for hydroxylation is 1. The normalized spacial score (nSPS) is 16.3. The van der Waals surface area contributed by atoms with E-state index in [2.05, 4.69) is 10.6 Å². The molecule has 1 aliphatic rings. The Hall–Kier alpha value is -1.18. The minimum absolute atomic E-state index is 0.0959. The molecule has 1 fully saturated rings. The summed E-state index contributed by atoms with van der Waals surface area (Å²) >= 11 is 5.35. The van der Waals surface area contributed by atoms with Gasteiger partial charge in [0.15, 0.2) is 5.11 Å². The molecule has 1 aliphatic carbocycles. The number of benzene rings is 1. The van der Waals surface area contributed by atoms with Crippen molar-refractivity contribution in [2.45, 2.75) is 56.9 Å². The van der Waals surface area contributed by atoms with Crippen LogP contribution in [-0.2, 0) is 10.0 Å². The maximum absolute atomic E-state index is 11.6. The molecular weight excluding hydrogens is 318 g/mol. The van der Waals surface area contributed by atoms with Crippen molar-refractivity contribution in [2.75, 3.05) is 5.32 Å². The third-order valence-corrected chi connectivity index (χ3v) is 5.27. The molecule has 1 saturated carbocycles. The summed E-state index contributed by atoms with van der Waals surface area (Å²) in [6, 6.07) is 3.51. The number of nitrogens with two attached hydrogens (primary N) is 1. The van der Waals surface area contributed by atoms with Crippen molar-refractivity contribution in [3.63, 3.8) is 0 Å². The van der Waals surface area contributed by atoms with Gasteiger partial charge in [0.05, 0.1) is 4.90 Å². The minimum Gasteiger partial charge on any atom is -0.360 e. The molecule has 2 rings (SSSR count). The number of anilines is 1. The summed E-state index contributed by atoms with van der Waals surface area (Å²) in [6.45, 7) is 3.78. The van der Waals surface area contributed by atoms with E-state index in [9.17, 15) is 8.42 Å². The zero-order valence-corrected chi connectivity index (χ0v) is 14.6. The number of sulfonamides is 1. The van der Waals surface area contributed by atoms with Gasteiger partial charge in [-0.3, -0.25) is 0 Å². The third-order valence-electron chi connectivity index (χ3n) is 4.16. The summed E-state index contributed by atoms with van der Waals surface area (Å²) in [6.07, 6.45) is 5.97. The Morgan fingerprint density at radius 2 is 1.86 bits per heavy atom. The molecule has 0 amide bonds. The highest BCUT2D eigenvalue weighted by molar-refractivity contribution is 7.89. The molecule has 1 aromatic carbocycles. The van der Waals surface area contributed by atoms with Gasteiger partial charge in [0.2, 0.25) is 10.0 Å². The van der Waals surface area contributed by atoms with E-state index in [0.29, 0.717) is 16.8 Å².